The molecule has 2 N–H and O–H groups in total. The summed E-state index contributed by atoms with van der Waals surface area (Å²) in [6.45, 7) is 3.52. The third-order valence-electron chi connectivity index (χ3n) is 6.82. The van der Waals surface area contributed by atoms with Gasteiger partial charge in [0.2, 0.25) is 0 Å². The van der Waals surface area contributed by atoms with Gasteiger partial charge in [0.1, 0.15) is 5.82 Å². The third-order valence-corrected chi connectivity index (χ3v) is 6.82. The number of aryl methyl sites for hydroxylation is 1. The molecule has 0 unspecified atom stereocenters. The van der Waals surface area contributed by atoms with Gasteiger partial charge in [0, 0.05) is 0 Å². The second-order valence-electron chi connectivity index (χ2n) is 9.13. The lowest BCUT2D eigenvalue weighted by molar-refractivity contribution is 0.226. The number of para-hydroxylation sites is 1. The van der Waals surface area contributed by atoms with Crippen LogP contribution < -0.4 is 11.3 Å². The van der Waals surface area contributed by atoms with Crippen LogP contribution in [0.15, 0.2) is 53.3 Å². The third kappa shape index (κ3) is 4.30. The van der Waals surface area contributed by atoms with Crippen LogP contribution in [0.5, 0.6) is 0 Å². The summed E-state index contributed by atoms with van der Waals surface area (Å²) in [6, 6.07) is 15.7. The summed E-state index contributed by atoms with van der Waals surface area (Å²) in [5.74, 6) is 1.11. The van der Waals surface area contributed by atoms with E-state index >= 15 is 0 Å². The fraction of sp³-hybridized carbons (Fsp3) is 0.462. The minimum absolute atomic E-state index is 0.0101. The van der Waals surface area contributed by atoms with Gasteiger partial charge in [-0.1, -0.05) is 36.8 Å². The number of fused-ring (bicyclic) bond motifs is 1. The zero-order valence-electron chi connectivity index (χ0n) is 18.2. The summed E-state index contributed by atoms with van der Waals surface area (Å²) in [5.41, 5.74) is 9.30. The maximum absolute atomic E-state index is 13.8. The van der Waals surface area contributed by atoms with Crippen molar-refractivity contribution in [2.75, 3.05) is 19.6 Å². The number of nitrogens with two attached hydrogens (primary N) is 1. The van der Waals surface area contributed by atoms with Gasteiger partial charge in [-0.3, -0.25) is 9.36 Å². The lowest BCUT2D eigenvalue weighted by Gasteiger charge is -2.26. The Bertz CT molecular complexity index is 1100. The molecule has 5 nitrogen and oxygen atoms in total. The molecule has 162 valence electrons. The number of rotatable bonds is 7. The molecule has 1 aliphatic carbocycles. The van der Waals surface area contributed by atoms with Crippen LogP contribution in [-0.4, -0.2) is 34.1 Å². The molecule has 0 amide bonds. The number of likely N-dealkylation sites (tertiary alicyclic amines) is 1. The number of benzene rings is 2. The Morgan fingerprint density at radius 2 is 1.77 bits per heavy atom. The Morgan fingerprint density at radius 3 is 2.52 bits per heavy atom. The van der Waals surface area contributed by atoms with Crippen LogP contribution in [0.1, 0.15) is 56.0 Å². The van der Waals surface area contributed by atoms with Crippen molar-refractivity contribution in [1.82, 2.24) is 14.5 Å². The first-order chi connectivity index (χ1) is 15.2. The molecule has 0 radical (unpaired) electrons. The van der Waals surface area contributed by atoms with Gasteiger partial charge in [-0.2, -0.15) is 0 Å². The molecule has 0 spiro atoms. The standard InChI is InChI=1S/C26H32N4O/c27-24(20-14-15-20)25-28-22-13-7-9-19(10-8-18-29-16-5-2-6-17-29)23(22)26(31)30(25)21-11-3-1-4-12-21/h1,3-4,7,9,11-13,20,24H,2,5-6,8,10,14-18,27H2/t24-/m0/s1. The molecular weight excluding hydrogens is 384 g/mol. The number of hydrogen-bond donors (Lipinski definition) is 1. The number of piperidine rings is 1. The molecule has 1 atom stereocenters. The highest BCUT2D eigenvalue weighted by Gasteiger charge is 2.33. The van der Waals surface area contributed by atoms with Gasteiger partial charge in [-0.15, -0.1) is 0 Å². The summed E-state index contributed by atoms with van der Waals surface area (Å²) in [7, 11) is 0. The van der Waals surface area contributed by atoms with E-state index in [9.17, 15) is 4.79 Å². The molecule has 0 bridgehead atoms. The Kier molecular flexibility index (Phi) is 5.88. The highest BCUT2D eigenvalue weighted by Crippen LogP contribution is 2.39. The fourth-order valence-corrected chi connectivity index (χ4v) is 4.92. The largest absolute Gasteiger partial charge is 0.321 e. The van der Waals surface area contributed by atoms with Crippen molar-refractivity contribution in [3.8, 4) is 5.69 Å². The number of nitrogens with zero attached hydrogens (tertiary/aromatic N) is 3. The fourth-order valence-electron chi connectivity index (χ4n) is 4.92. The average molecular weight is 417 g/mol. The summed E-state index contributed by atoms with van der Waals surface area (Å²) >= 11 is 0. The molecule has 1 aromatic heterocycles. The normalized spacial score (nSPS) is 18.4. The first kappa shape index (κ1) is 20.4. The first-order valence-corrected chi connectivity index (χ1v) is 11.8. The van der Waals surface area contributed by atoms with Gasteiger partial charge in [0.05, 0.1) is 22.6 Å². The number of aromatic nitrogens is 2. The predicted octanol–water partition coefficient (Wildman–Crippen LogP) is 4.21. The molecular formula is C26H32N4O. The Labute approximate surface area is 183 Å². The van der Waals surface area contributed by atoms with E-state index in [1.807, 2.05) is 42.5 Å². The van der Waals surface area contributed by atoms with Crippen LogP contribution in [-0.2, 0) is 6.42 Å². The Hall–Kier alpha value is -2.50. The van der Waals surface area contributed by atoms with Crippen molar-refractivity contribution < 1.29 is 0 Å². The maximum atomic E-state index is 13.8. The lowest BCUT2D eigenvalue weighted by Crippen LogP contribution is -2.31. The average Bonchev–Trinajstić information content (AvgIpc) is 3.65. The maximum Gasteiger partial charge on any atom is 0.266 e. The van der Waals surface area contributed by atoms with Crippen LogP contribution >= 0.6 is 0 Å². The smallest absolute Gasteiger partial charge is 0.266 e. The minimum atomic E-state index is -0.208. The van der Waals surface area contributed by atoms with Crippen molar-refractivity contribution in [3.05, 3.63) is 70.3 Å². The highest BCUT2D eigenvalue weighted by atomic mass is 16.1. The van der Waals surface area contributed by atoms with E-state index in [0.717, 1.165) is 54.4 Å². The zero-order chi connectivity index (χ0) is 21.2. The van der Waals surface area contributed by atoms with Crippen molar-refractivity contribution in [2.45, 2.75) is 51.0 Å². The molecule has 31 heavy (non-hydrogen) atoms. The van der Waals surface area contributed by atoms with Gasteiger partial charge in [-0.05, 0) is 87.8 Å². The van der Waals surface area contributed by atoms with Crippen molar-refractivity contribution in [3.63, 3.8) is 0 Å². The van der Waals surface area contributed by atoms with E-state index in [1.54, 1.807) is 4.57 Å². The summed E-state index contributed by atoms with van der Waals surface area (Å²) in [4.78, 5) is 21.4. The Morgan fingerprint density at radius 1 is 1.00 bits per heavy atom. The van der Waals surface area contributed by atoms with E-state index in [4.69, 9.17) is 10.7 Å². The van der Waals surface area contributed by atoms with Crippen molar-refractivity contribution in [1.29, 1.82) is 0 Å². The topological polar surface area (TPSA) is 64.2 Å². The van der Waals surface area contributed by atoms with Gasteiger partial charge >= 0.3 is 0 Å². The van der Waals surface area contributed by atoms with Crippen LogP contribution in [0.4, 0.5) is 0 Å². The SMILES string of the molecule is N[C@H](c1nc2cccc(CCCN3CCCCC3)c2c(=O)n1-c1ccccc1)C1CC1. The van der Waals surface area contributed by atoms with Crippen LogP contribution in [0.2, 0.25) is 0 Å². The van der Waals surface area contributed by atoms with Crippen LogP contribution in [0.3, 0.4) is 0 Å². The molecule has 2 fully saturated rings. The molecule has 5 heteroatoms. The second kappa shape index (κ2) is 8.93. The molecule has 2 aliphatic rings. The van der Waals surface area contributed by atoms with Gasteiger partial charge in [-0.25, -0.2) is 4.98 Å². The summed E-state index contributed by atoms with van der Waals surface area (Å²) in [5, 5.41) is 0.747. The predicted molar refractivity (Wildman–Crippen MR) is 126 cm³/mol. The van der Waals surface area contributed by atoms with Crippen molar-refractivity contribution in [2.24, 2.45) is 11.7 Å². The number of hydrogen-bond acceptors (Lipinski definition) is 4. The van der Waals surface area contributed by atoms with Gasteiger partial charge in [0.15, 0.2) is 0 Å². The molecule has 1 aliphatic heterocycles. The van der Waals surface area contributed by atoms with E-state index in [0.29, 0.717) is 11.7 Å². The first-order valence-electron chi connectivity index (χ1n) is 11.8. The van der Waals surface area contributed by atoms with Gasteiger partial charge < -0.3 is 10.6 Å². The molecule has 1 saturated carbocycles. The van der Waals surface area contributed by atoms with Crippen LogP contribution in [0, 0.1) is 5.92 Å². The monoisotopic (exact) mass is 416 g/mol. The molecule has 1 saturated heterocycles. The molecule has 5 rings (SSSR count). The zero-order valence-corrected chi connectivity index (χ0v) is 18.2. The van der Waals surface area contributed by atoms with E-state index in [1.165, 1.54) is 32.4 Å². The molecule has 3 aromatic rings. The summed E-state index contributed by atoms with van der Waals surface area (Å²) < 4.78 is 1.76. The van der Waals surface area contributed by atoms with E-state index < -0.39 is 0 Å². The quantitative estimate of drug-likeness (QED) is 0.627. The molecule has 2 aromatic carbocycles. The molecule has 2 heterocycles. The van der Waals surface area contributed by atoms with Crippen LogP contribution in [0.25, 0.3) is 16.6 Å². The van der Waals surface area contributed by atoms with Gasteiger partial charge in [0.25, 0.3) is 5.56 Å². The summed E-state index contributed by atoms with van der Waals surface area (Å²) in [6.07, 6.45) is 8.16. The van der Waals surface area contributed by atoms with E-state index in [2.05, 4.69) is 11.0 Å². The Balaban J connectivity index is 1.53. The van der Waals surface area contributed by atoms with Crippen molar-refractivity contribution >= 4 is 10.9 Å². The highest BCUT2D eigenvalue weighted by molar-refractivity contribution is 5.82. The minimum Gasteiger partial charge on any atom is -0.321 e. The van der Waals surface area contributed by atoms with E-state index in [-0.39, 0.29) is 11.6 Å². The second-order valence-corrected chi connectivity index (χ2v) is 9.13. The lowest BCUT2D eigenvalue weighted by atomic mass is 10.0.